The Morgan fingerprint density at radius 3 is 2.04 bits per heavy atom. The molecule has 0 amide bonds. The minimum absolute atomic E-state index is 0.0945. The Morgan fingerprint density at radius 2 is 1.48 bits per heavy atom. The second-order valence-corrected chi connectivity index (χ2v) is 4.77. The fourth-order valence-corrected chi connectivity index (χ4v) is 2.02. The highest BCUT2D eigenvalue weighted by Gasteiger charge is 2.07. The monoisotopic (exact) mass is 314 g/mol. The van der Waals surface area contributed by atoms with Crippen molar-refractivity contribution in [1.82, 2.24) is 0 Å². The van der Waals surface area contributed by atoms with Crippen LogP contribution in [0.3, 0.4) is 0 Å². The van der Waals surface area contributed by atoms with E-state index in [9.17, 15) is 9.90 Å². The number of ether oxygens (including phenoxy) is 3. The van der Waals surface area contributed by atoms with Crippen molar-refractivity contribution in [3.8, 4) is 23.0 Å². The van der Waals surface area contributed by atoms with Crippen LogP contribution in [0, 0.1) is 0 Å². The van der Waals surface area contributed by atoms with Crippen molar-refractivity contribution in [1.29, 1.82) is 0 Å². The topological polar surface area (TPSA) is 65.0 Å². The van der Waals surface area contributed by atoms with Gasteiger partial charge in [0, 0.05) is 6.92 Å². The molecule has 0 spiro atoms. The fraction of sp³-hybridized carbons (Fsp3) is 0.167. The third kappa shape index (κ3) is 4.26. The van der Waals surface area contributed by atoms with Gasteiger partial charge in [0.25, 0.3) is 0 Å². The summed E-state index contributed by atoms with van der Waals surface area (Å²) in [5.74, 6) is 0.962. The van der Waals surface area contributed by atoms with E-state index >= 15 is 0 Å². The molecule has 0 saturated carbocycles. The van der Waals surface area contributed by atoms with Crippen LogP contribution in [0.5, 0.6) is 23.0 Å². The predicted molar refractivity (Wildman–Crippen MR) is 87.9 cm³/mol. The van der Waals surface area contributed by atoms with Gasteiger partial charge in [-0.25, -0.2) is 0 Å². The molecule has 5 heteroatoms. The number of rotatable bonds is 5. The van der Waals surface area contributed by atoms with E-state index in [0.29, 0.717) is 17.2 Å². The summed E-state index contributed by atoms with van der Waals surface area (Å²) in [6.07, 6.45) is 3.76. The Hall–Kier alpha value is -2.95. The second kappa shape index (κ2) is 7.35. The lowest BCUT2D eigenvalue weighted by atomic mass is 10.1. The smallest absolute Gasteiger partial charge is 0.308 e. The Balaban J connectivity index is 2.24. The van der Waals surface area contributed by atoms with Crippen molar-refractivity contribution in [3.05, 3.63) is 47.5 Å². The van der Waals surface area contributed by atoms with Crippen LogP contribution in [-0.4, -0.2) is 25.3 Å². The number of aromatic hydroxyl groups is 1. The maximum atomic E-state index is 11.0. The molecule has 0 atom stereocenters. The Morgan fingerprint density at radius 1 is 0.913 bits per heavy atom. The lowest BCUT2D eigenvalue weighted by Crippen LogP contribution is -2.02. The summed E-state index contributed by atoms with van der Waals surface area (Å²) in [6.45, 7) is 1.34. The normalized spacial score (nSPS) is 10.6. The van der Waals surface area contributed by atoms with Gasteiger partial charge in [-0.2, -0.15) is 0 Å². The number of hydrogen-bond acceptors (Lipinski definition) is 5. The van der Waals surface area contributed by atoms with Gasteiger partial charge in [0.05, 0.1) is 14.2 Å². The number of carbonyl (C=O) groups excluding carboxylic acids is 1. The SMILES string of the molecule is COc1cc(/C=C/c2ccc(OC(C)=O)c(OC)c2)ccc1O. The van der Waals surface area contributed by atoms with Gasteiger partial charge in [0.15, 0.2) is 23.0 Å². The first-order valence-electron chi connectivity index (χ1n) is 6.95. The molecule has 0 unspecified atom stereocenters. The van der Waals surface area contributed by atoms with Crippen molar-refractivity contribution in [3.63, 3.8) is 0 Å². The first kappa shape index (κ1) is 16.4. The van der Waals surface area contributed by atoms with E-state index in [0.717, 1.165) is 11.1 Å². The second-order valence-electron chi connectivity index (χ2n) is 4.77. The van der Waals surface area contributed by atoms with E-state index < -0.39 is 5.97 Å². The molecule has 0 radical (unpaired) electrons. The number of methoxy groups -OCH3 is 2. The van der Waals surface area contributed by atoms with Crippen LogP contribution < -0.4 is 14.2 Å². The van der Waals surface area contributed by atoms with Crippen LogP contribution in [0.1, 0.15) is 18.1 Å². The largest absolute Gasteiger partial charge is 0.504 e. The molecule has 0 aromatic heterocycles. The highest BCUT2D eigenvalue weighted by atomic mass is 16.6. The van der Waals surface area contributed by atoms with E-state index in [1.807, 2.05) is 18.2 Å². The number of hydrogen-bond donors (Lipinski definition) is 1. The summed E-state index contributed by atoms with van der Waals surface area (Å²) in [5.41, 5.74) is 1.76. The molecule has 0 aliphatic carbocycles. The average Bonchev–Trinajstić information content (AvgIpc) is 2.54. The molecule has 0 heterocycles. The quantitative estimate of drug-likeness (QED) is 0.520. The third-order valence-corrected chi connectivity index (χ3v) is 3.11. The zero-order valence-electron chi connectivity index (χ0n) is 13.2. The van der Waals surface area contributed by atoms with Gasteiger partial charge in [0.2, 0.25) is 0 Å². The highest BCUT2D eigenvalue weighted by Crippen LogP contribution is 2.30. The molecule has 120 valence electrons. The lowest BCUT2D eigenvalue weighted by molar-refractivity contribution is -0.132. The molecule has 0 bridgehead atoms. The van der Waals surface area contributed by atoms with Crippen LogP contribution >= 0.6 is 0 Å². The number of esters is 1. The van der Waals surface area contributed by atoms with E-state index in [1.54, 1.807) is 30.3 Å². The average molecular weight is 314 g/mol. The van der Waals surface area contributed by atoms with E-state index in [2.05, 4.69) is 0 Å². The van der Waals surface area contributed by atoms with Crippen LogP contribution in [0.25, 0.3) is 12.2 Å². The van der Waals surface area contributed by atoms with Crippen LogP contribution in [0.2, 0.25) is 0 Å². The molecular weight excluding hydrogens is 296 g/mol. The van der Waals surface area contributed by atoms with Crippen molar-refractivity contribution in [2.24, 2.45) is 0 Å². The van der Waals surface area contributed by atoms with Gasteiger partial charge < -0.3 is 19.3 Å². The molecule has 0 fully saturated rings. The minimum atomic E-state index is -0.400. The lowest BCUT2D eigenvalue weighted by Gasteiger charge is -2.08. The van der Waals surface area contributed by atoms with Crippen molar-refractivity contribution >= 4 is 18.1 Å². The maximum absolute atomic E-state index is 11.0. The van der Waals surface area contributed by atoms with Crippen molar-refractivity contribution in [2.75, 3.05) is 14.2 Å². The van der Waals surface area contributed by atoms with E-state index in [4.69, 9.17) is 14.2 Å². The van der Waals surface area contributed by atoms with Crippen LogP contribution in [0.15, 0.2) is 36.4 Å². The van der Waals surface area contributed by atoms with Crippen LogP contribution in [0.4, 0.5) is 0 Å². The number of phenols is 1. The molecule has 0 aliphatic rings. The molecule has 5 nitrogen and oxygen atoms in total. The summed E-state index contributed by atoms with van der Waals surface area (Å²) in [6, 6.07) is 10.3. The van der Waals surface area contributed by atoms with Crippen molar-refractivity contribution < 1.29 is 24.1 Å². The van der Waals surface area contributed by atoms with Gasteiger partial charge in [0.1, 0.15) is 0 Å². The summed E-state index contributed by atoms with van der Waals surface area (Å²) >= 11 is 0. The van der Waals surface area contributed by atoms with Gasteiger partial charge in [-0.3, -0.25) is 4.79 Å². The van der Waals surface area contributed by atoms with E-state index in [1.165, 1.54) is 21.1 Å². The van der Waals surface area contributed by atoms with Gasteiger partial charge >= 0.3 is 5.97 Å². The Bertz CT molecular complexity index is 734. The Labute approximate surface area is 134 Å². The summed E-state index contributed by atoms with van der Waals surface area (Å²) in [4.78, 5) is 11.0. The highest BCUT2D eigenvalue weighted by molar-refractivity contribution is 5.74. The third-order valence-electron chi connectivity index (χ3n) is 3.11. The van der Waals surface area contributed by atoms with Crippen molar-refractivity contribution in [2.45, 2.75) is 6.92 Å². The first-order chi connectivity index (χ1) is 11.0. The predicted octanol–water partition coefficient (Wildman–Crippen LogP) is 3.51. The van der Waals surface area contributed by atoms with Gasteiger partial charge in [-0.1, -0.05) is 24.3 Å². The maximum Gasteiger partial charge on any atom is 0.308 e. The summed E-state index contributed by atoms with van der Waals surface area (Å²) < 4.78 is 15.4. The standard InChI is InChI=1S/C18H18O5/c1-12(19)23-16-9-7-14(11-18(16)22-3)5-4-13-6-8-15(20)17(10-13)21-2/h4-11,20H,1-3H3/b5-4+. The molecule has 2 rings (SSSR count). The molecule has 0 saturated heterocycles. The first-order valence-corrected chi connectivity index (χ1v) is 6.95. The summed E-state index contributed by atoms with van der Waals surface area (Å²) in [5, 5.41) is 9.58. The van der Waals surface area contributed by atoms with Gasteiger partial charge in [-0.15, -0.1) is 0 Å². The Kier molecular flexibility index (Phi) is 5.25. The fourth-order valence-electron chi connectivity index (χ4n) is 2.02. The molecule has 23 heavy (non-hydrogen) atoms. The zero-order valence-corrected chi connectivity index (χ0v) is 13.2. The molecule has 0 aliphatic heterocycles. The number of carbonyl (C=O) groups is 1. The van der Waals surface area contributed by atoms with Crippen LogP contribution in [-0.2, 0) is 4.79 Å². The minimum Gasteiger partial charge on any atom is -0.504 e. The molecular formula is C18H18O5. The molecule has 1 N–H and O–H groups in total. The summed E-state index contributed by atoms with van der Waals surface area (Å²) in [7, 11) is 3.02. The number of benzene rings is 2. The zero-order chi connectivity index (χ0) is 16.8. The molecule has 2 aromatic carbocycles. The number of phenolic OH excluding ortho intramolecular Hbond substituents is 1. The molecule has 2 aromatic rings. The van der Waals surface area contributed by atoms with E-state index in [-0.39, 0.29) is 5.75 Å². The van der Waals surface area contributed by atoms with Gasteiger partial charge in [-0.05, 0) is 35.4 Å².